The van der Waals surface area contributed by atoms with E-state index in [4.69, 9.17) is 9.47 Å². The minimum atomic E-state index is -5.17. The molecule has 35 heavy (non-hydrogen) atoms. The predicted octanol–water partition coefficient (Wildman–Crippen LogP) is 3.16. The van der Waals surface area contributed by atoms with Crippen molar-refractivity contribution in [2.45, 2.75) is 37.2 Å². The summed E-state index contributed by atoms with van der Waals surface area (Å²) in [6.07, 6.45) is -7.63. The summed E-state index contributed by atoms with van der Waals surface area (Å²) < 4.78 is 51.6. The van der Waals surface area contributed by atoms with Crippen LogP contribution in [0.4, 0.5) is 18.0 Å². The molecule has 3 atom stereocenters. The van der Waals surface area contributed by atoms with E-state index in [1.165, 1.54) is 6.92 Å². The number of rotatable bonds is 5. The van der Waals surface area contributed by atoms with E-state index < -0.39 is 42.3 Å². The number of hydrogen-bond acceptors (Lipinski definition) is 5. The Balaban J connectivity index is 1.48. The van der Waals surface area contributed by atoms with Gasteiger partial charge in [-0.15, -0.1) is 0 Å². The van der Waals surface area contributed by atoms with Crippen molar-refractivity contribution in [3.05, 3.63) is 59.7 Å². The molecule has 1 fully saturated rings. The lowest BCUT2D eigenvalue weighted by molar-refractivity contribution is -0.186. The van der Waals surface area contributed by atoms with Gasteiger partial charge in [0.2, 0.25) is 6.04 Å². The van der Waals surface area contributed by atoms with Crippen LogP contribution in [0.3, 0.4) is 0 Å². The molecule has 0 radical (unpaired) electrons. The van der Waals surface area contributed by atoms with Gasteiger partial charge < -0.3 is 24.8 Å². The van der Waals surface area contributed by atoms with Gasteiger partial charge in [0.25, 0.3) is 5.91 Å². The number of hydrogen-bond donors (Lipinski definition) is 2. The van der Waals surface area contributed by atoms with Crippen LogP contribution in [0.2, 0.25) is 0 Å². The number of morpholine rings is 1. The molecule has 1 heterocycles. The van der Waals surface area contributed by atoms with Crippen LogP contribution in [0.5, 0.6) is 0 Å². The molecule has 2 amide bonds. The Morgan fingerprint density at radius 2 is 1.69 bits per heavy atom. The highest BCUT2D eigenvalue weighted by molar-refractivity contribution is 5.90. The first kappa shape index (κ1) is 24.5. The van der Waals surface area contributed by atoms with Crippen molar-refractivity contribution >= 4 is 18.0 Å². The number of carbonyl (C=O) groups is 3. The van der Waals surface area contributed by atoms with Gasteiger partial charge in [0.05, 0.1) is 12.7 Å². The Labute approximate surface area is 198 Å². The third kappa shape index (κ3) is 4.81. The number of fused-ring (bicyclic) bond motifs is 3. The molecule has 0 aromatic heterocycles. The molecule has 0 saturated carbocycles. The highest BCUT2D eigenvalue weighted by atomic mass is 19.4. The molecule has 1 aliphatic heterocycles. The molecule has 0 bridgehead atoms. The number of ether oxygens (including phenoxy) is 2. The Kier molecular flexibility index (Phi) is 6.70. The second-order valence-corrected chi connectivity index (χ2v) is 8.34. The Morgan fingerprint density at radius 3 is 2.23 bits per heavy atom. The average Bonchev–Trinajstić information content (AvgIpc) is 3.13. The van der Waals surface area contributed by atoms with E-state index in [9.17, 15) is 32.7 Å². The molecule has 8 nitrogen and oxygen atoms in total. The first-order chi connectivity index (χ1) is 16.6. The van der Waals surface area contributed by atoms with Gasteiger partial charge in [-0.05, 0) is 29.2 Å². The lowest BCUT2D eigenvalue weighted by Crippen LogP contribution is -2.63. The summed E-state index contributed by atoms with van der Waals surface area (Å²) in [6, 6.07) is 10.3. The summed E-state index contributed by atoms with van der Waals surface area (Å²) in [5.74, 6) is -3.48. The maximum absolute atomic E-state index is 13.8. The zero-order valence-corrected chi connectivity index (χ0v) is 18.6. The minimum Gasteiger partial charge on any atom is -0.480 e. The number of alkyl halides is 3. The van der Waals surface area contributed by atoms with Crippen LogP contribution in [0.1, 0.15) is 24.0 Å². The highest BCUT2D eigenvalue weighted by Gasteiger charge is 2.51. The van der Waals surface area contributed by atoms with Crippen molar-refractivity contribution in [3.8, 4) is 11.1 Å². The topological polar surface area (TPSA) is 105 Å². The van der Waals surface area contributed by atoms with Gasteiger partial charge in [0, 0.05) is 12.5 Å². The molecule has 0 spiro atoms. The van der Waals surface area contributed by atoms with Crippen LogP contribution in [0, 0.1) is 0 Å². The van der Waals surface area contributed by atoms with Gasteiger partial charge in [-0.3, -0.25) is 4.79 Å². The van der Waals surface area contributed by atoms with Gasteiger partial charge in [-0.25, -0.2) is 9.59 Å². The number of amides is 2. The fraction of sp³-hybridized carbons (Fsp3) is 0.375. The normalized spacial score (nSPS) is 20.5. The molecule has 1 aliphatic carbocycles. The zero-order chi connectivity index (χ0) is 25.3. The summed E-state index contributed by atoms with van der Waals surface area (Å²) in [7, 11) is 0. The predicted molar refractivity (Wildman–Crippen MR) is 117 cm³/mol. The third-order valence-corrected chi connectivity index (χ3v) is 6.21. The van der Waals surface area contributed by atoms with Crippen LogP contribution < -0.4 is 5.32 Å². The van der Waals surface area contributed by atoms with Gasteiger partial charge in [0.1, 0.15) is 6.61 Å². The van der Waals surface area contributed by atoms with Gasteiger partial charge in [0.15, 0.2) is 6.04 Å². The average molecular weight is 492 g/mol. The van der Waals surface area contributed by atoms with Crippen molar-refractivity contribution in [1.82, 2.24) is 10.2 Å². The van der Waals surface area contributed by atoms with Crippen molar-refractivity contribution in [1.29, 1.82) is 0 Å². The summed E-state index contributed by atoms with van der Waals surface area (Å²) in [5.41, 5.74) is 3.64. The summed E-state index contributed by atoms with van der Waals surface area (Å²) >= 11 is 0. The second-order valence-electron chi connectivity index (χ2n) is 8.34. The molecule has 2 aliphatic rings. The number of halogens is 3. The lowest BCUT2D eigenvalue weighted by atomic mass is 9.98. The smallest absolute Gasteiger partial charge is 0.417 e. The molecule has 2 N–H and O–H groups in total. The molecule has 3 unspecified atom stereocenters. The molecular weight excluding hydrogens is 469 g/mol. The number of carbonyl (C=O) groups excluding carboxylic acids is 2. The van der Waals surface area contributed by atoms with Crippen molar-refractivity contribution in [3.63, 3.8) is 0 Å². The number of nitrogens with one attached hydrogen (secondary N) is 1. The fourth-order valence-electron chi connectivity index (χ4n) is 4.61. The molecule has 186 valence electrons. The minimum absolute atomic E-state index is 0.133. The largest absolute Gasteiger partial charge is 0.480 e. The molecule has 1 saturated heterocycles. The number of carboxylic acids is 1. The van der Waals surface area contributed by atoms with Gasteiger partial charge in [-0.2, -0.15) is 13.2 Å². The first-order valence-electron chi connectivity index (χ1n) is 10.9. The Bertz CT molecular complexity index is 1090. The SMILES string of the molecule is CC1OCCN(C(=O)C(NC(=O)OCC2c3ccccc3-c3ccccc32)C(F)(F)F)C1C(=O)O. The van der Waals surface area contributed by atoms with Gasteiger partial charge >= 0.3 is 18.2 Å². The number of alkyl carbamates (subject to hydrolysis) is 1. The van der Waals surface area contributed by atoms with Crippen molar-refractivity contribution < 1.29 is 42.1 Å². The number of aliphatic carboxylic acids is 1. The Morgan fingerprint density at radius 1 is 1.11 bits per heavy atom. The van der Waals surface area contributed by atoms with E-state index in [1.807, 2.05) is 48.5 Å². The van der Waals surface area contributed by atoms with Crippen molar-refractivity contribution in [2.24, 2.45) is 0 Å². The van der Waals surface area contributed by atoms with Crippen LogP contribution in [-0.2, 0) is 19.1 Å². The van der Waals surface area contributed by atoms with Crippen LogP contribution in [0.15, 0.2) is 48.5 Å². The van der Waals surface area contributed by atoms with E-state index in [1.54, 1.807) is 5.32 Å². The zero-order valence-electron chi connectivity index (χ0n) is 18.6. The van der Waals surface area contributed by atoms with E-state index in [0.29, 0.717) is 4.90 Å². The molecule has 2 aromatic rings. The van der Waals surface area contributed by atoms with Crippen LogP contribution >= 0.6 is 0 Å². The first-order valence-corrected chi connectivity index (χ1v) is 10.9. The molecule has 11 heteroatoms. The van der Waals surface area contributed by atoms with E-state index in [-0.39, 0.29) is 25.7 Å². The quantitative estimate of drug-likeness (QED) is 0.665. The summed E-state index contributed by atoms with van der Waals surface area (Å²) in [5, 5.41) is 11.0. The summed E-state index contributed by atoms with van der Waals surface area (Å²) in [6.45, 7) is 0.607. The maximum Gasteiger partial charge on any atom is 0.417 e. The Hall–Kier alpha value is -3.60. The number of nitrogens with zero attached hydrogens (tertiary/aromatic N) is 1. The van der Waals surface area contributed by atoms with Crippen molar-refractivity contribution in [2.75, 3.05) is 19.8 Å². The number of carboxylic acid groups (broad SMARTS) is 1. The highest BCUT2D eigenvalue weighted by Crippen LogP contribution is 2.44. The molecular formula is C24H23F3N2O6. The van der Waals surface area contributed by atoms with Crippen LogP contribution in [-0.4, -0.2) is 72.1 Å². The lowest BCUT2D eigenvalue weighted by Gasteiger charge is -2.39. The molecule has 4 rings (SSSR count). The van der Waals surface area contributed by atoms with E-state index in [2.05, 4.69) is 0 Å². The van der Waals surface area contributed by atoms with E-state index in [0.717, 1.165) is 22.3 Å². The monoisotopic (exact) mass is 492 g/mol. The maximum atomic E-state index is 13.8. The standard InChI is InChI=1S/C24H23F3N2O6/c1-13-19(22(31)32)29(10-11-34-13)21(30)20(24(25,26)27)28-23(33)35-12-18-16-8-4-2-6-14(16)15-7-3-5-9-17(15)18/h2-9,13,18-20H,10-12H2,1H3,(H,28,33)(H,31,32). The fourth-order valence-corrected chi connectivity index (χ4v) is 4.61. The molecule has 2 aromatic carbocycles. The van der Waals surface area contributed by atoms with E-state index >= 15 is 0 Å². The third-order valence-electron chi connectivity index (χ3n) is 6.21. The van der Waals surface area contributed by atoms with Crippen LogP contribution in [0.25, 0.3) is 11.1 Å². The number of benzene rings is 2. The second kappa shape index (κ2) is 9.57. The van der Waals surface area contributed by atoms with Gasteiger partial charge in [-0.1, -0.05) is 48.5 Å². The summed E-state index contributed by atoms with van der Waals surface area (Å²) in [4.78, 5) is 37.3.